The van der Waals surface area contributed by atoms with Crippen molar-refractivity contribution in [1.29, 1.82) is 0 Å². The van der Waals surface area contributed by atoms with E-state index >= 15 is 0 Å². The van der Waals surface area contributed by atoms with Gasteiger partial charge in [-0.25, -0.2) is 0 Å². The van der Waals surface area contributed by atoms with Gasteiger partial charge >= 0.3 is 0 Å². The summed E-state index contributed by atoms with van der Waals surface area (Å²) in [6.45, 7) is 7.49. The number of hydrogen-bond acceptors (Lipinski definition) is 2. The van der Waals surface area contributed by atoms with Crippen LogP contribution in [0.15, 0.2) is 0 Å². The Labute approximate surface area is 75.7 Å². The Balaban J connectivity index is 2.10. The van der Waals surface area contributed by atoms with Gasteiger partial charge < -0.3 is 10.1 Å². The third-order valence-corrected chi connectivity index (χ3v) is 2.74. The Bertz CT molecular complexity index is 139. The highest BCUT2D eigenvalue weighted by Crippen LogP contribution is 2.26. The molecule has 0 heterocycles. The number of ether oxygens (including phenoxy) is 1. The third-order valence-electron chi connectivity index (χ3n) is 2.74. The molecule has 0 aromatic heterocycles. The van der Waals surface area contributed by atoms with E-state index in [9.17, 15) is 0 Å². The van der Waals surface area contributed by atoms with Gasteiger partial charge in [-0.1, -0.05) is 6.92 Å². The van der Waals surface area contributed by atoms with Gasteiger partial charge in [0.05, 0.1) is 5.60 Å². The average Bonchev–Trinajstić information content (AvgIpc) is 1.96. The van der Waals surface area contributed by atoms with Crippen LogP contribution in [0.3, 0.4) is 0 Å². The van der Waals surface area contributed by atoms with Crippen molar-refractivity contribution in [2.24, 2.45) is 5.92 Å². The molecule has 0 unspecified atom stereocenters. The Morgan fingerprint density at radius 3 is 2.42 bits per heavy atom. The predicted molar refractivity (Wildman–Crippen MR) is 51.3 cm³/mol. The maximum atomic E-state index is 5.32. The van der Waals surface area contributed by atoms with Crippen LogP contribution in [0, 0.1) is 5.92 Å². The third kappa shape index (κ3) is 2.76. The first-order valence-corrected chi connectivity index (χ1v) is 4.82. The molecule has 1 aliphatic rings. The molecular formula is C10H21NO. The van der Waals surface area contributed by atoms with Crippen molar-refractivity contribution < 1.29 is 4.74 Å². The van der Waals surface area contributed by atoms with Gasteiger partial charge in [0, 0.05) is 19.7 Å². The van der Waals surface area contributed by atoms with Crippen molar-refractivity contribution in [1.82, 2.24) is 5.32 Å². The molecule has 2 nitrogen and oxygen atoms in total. The van der Waals surface area contributed by atoms with Crippen LogP contribution in [-0.4, -0.2) is 25.3 Å². The zero-order valence-corrected chi connectivity index (χ0v) is 8.68. The molecule has 0 aliphatic heterocycles. The normalized spacial score (nSPS) is 30.0. The van der Waals surface area contributed by atoms with E-state index in [1.807, 2.05) is 0 Å². The highest BCUT2D eigenvalue weighted by Gasteiger charge is 2.26. The van der Waals surface area contributed by atoms with Gasteiger partial charge in [0.2, 0.25) is 0 Å². The number of hydrogen-bond donors (Lipinski definition) is 1. The Hall–Kier alpha value is -0.0800. The van der Waals surface area contributed by atoms with Gasteiger partial charge in [0.1, 0.15) is 0 Å². The monoisotopic (exact) mass is 171 g/mol. The lowest BCUT2D eigenvalue weighted by atomic mass is 9.81. The molecule has 1 aliphatic carbocycles. The molecule has 0 atom stereocenters. The Morgan fingerprint density at radius 1 is 1.42 bits per heavy atom. The van der Waals surface area contributed by atoms with E-state index < -0.39 is 0 Å². The van der Waals surface area contributed by atoms with Crippen molar-refractivity contribution in [3.05, 3.63) is 0 Å². The molecule has 2 heteroatoms. The van der Waals surface area contributed by atoms with Crippen molar-refractivity contribution in [3.63, 3.8) is 0 Å². The van der Waals surface area contributed by atoms with Crippen molar-refractivity contribution >= 4 is 0 Å². The fourth-order valence-electron chi connectivity index (χ4n) is 1.53. The van der Waals surface area contributed by atoms with Crippen LogP contribution in [-0.2, 0) is 4.74 Å². The first-order chi connectivity index (χ1) is 5.53. The molecule has 12 heavy (non-hydrogen) atoms. The van der Waals surface area contributed by atoms with Gasteiger partial charge in [-0.2, -0.15) is 0 Å². The molecule has 0 radical (unpaired) electrons. The van der Waals surface area contributed by atoms with Gasteiger partial charge in [0.15, 0.2) is 0 Å². The lowest BCUT2D eigenvalue weighted by Crippen LogP contribution is -2.46. The molecule has 1 N–H and O–H groups in total. The Morgan fingerprint density at radius 2 is 2.00 bits per heavy atom. The molecule has 0 spiro atoms. The van der Waals surface area contributed by atoms with Crippen molar-refractivity contribution in [2.75, 3.05) is 13.7 Å². The topological polar surface area (TPSA) is 21.3 Å². The summed E-state index contributed by atoms with van der Waals surface area (Å²) in [7, 11) is 1.77. The van der Waals surface area contributed by atoms with E-state index in [0.29, 0.717) is 0 Å². The second-order valence-electron chi connectivity index (χ2n) is 4.62. The van der Waals surface area contributed by atoms with E-state index in [1.54, 1.807) is 7.11 Å². The van der Waals surface area contributed by atoms with Crippen LogP contribution < -0.4 is 5.32 Å². The van der Waals surface area contributed by atoms with Crippen molar-refractivity contribution in [2.45, 2.75) is 45.3 Å². The lowest BCUT2D eigenvalue weighted by molar-refractivity contribution is 0.0168. The molecule has 0 saturated heterocycles. The summed E-state index contributed by atoms with van der Waals surface area (Å²) in [4.78, 5) is 0. The second kappa shape index (κ2) is 3.75. The summed E-state index contributed by atoms with van der Waals surface area (Å²) in [5.41, 5.74) is -0.0151. The number of nitrogens with one attached hydrogen (secondary N) is 1. The summed E-state index contributed by atoms with van der Waals surface area (Å²) in [5.74, 6) is 0.924. The quantitative estimate of drug-likeness (QED) is 0.696. The maximum Gasteiger partial charge on any atom is 0.0746 e. The van der Waals surface area contributed by atoms with Crippen LogP contribution in [0.1, 0.15) is 33.6 Å². The summed E-state index contributed by atoms with van der Waals surface area (Å²) < 4.78 is 5.32. The highest BCUT2D eigenvalue weighted by atomic mass is 16.5. The van der Waals surface area contributed by atoms with E-state index in [1.165, 1.54) is 12.8 Å². The van der Waals surface area contributed by atoms with Crippen LogP contribution in [0.25, 0.3) is 0 Å². The zero-order valence-electron chi connectivity index (χ0n) is 8.68. The minimum Gasteiger partial charge on any atom is -0.377 e. The molecular weight excluding hydrogens is 150 g/mol. The lowest BCUT2D eigenvalue weighted by Gasteiger charge is -2.36. The van der Waals surface area contributed by atoms with E-state index in [4.69, 9.17) is 4.74 Å². The van der Waals surface area contributed by atoms with Gasteiger partial charge in [-0.15, -0.1) is 0 Å². The van der Waals surface area contributed by atoms with Gasteiger partial charge in [-0.05, 0) is 32.6 Å². The molecule has 1 rings (SSSR count). The van der Waals surface area contributed by atoms with Crippen LogP contribution in [0.2, 0.25) is 0 Å². The summed E-state index contributed by atoms with van der Waals surface area (Å²) in [6, 6.07) is 0.745. The average molecular weight is 171 g/mol. The minimum atomic E-state index is -0.0151. The molecule has 0 bridgehead atoms. The SMILES string of the molecule is COC(C)(C)CNC1CC(C)C1. The Kier molecular flexibility index (Phi) is 3.13. The second-order valence-corrected chi connectivity index (χ2v) is 4.62. The van der Waals surface area contributed by atoms with Crippen molar-refractivity contribution in [3.8, 4) is 0 Å². The summed E-state index contributed by atoms with van der Waals surface area (Å²) >= 11 is 0. The first-order valence-electron chi connectivity index (χ1n) is 4.82. The van der Waals surface area contributed by atoms with E-state index in [0.717, 1.165) is 18.5 Å². The summed E-state index contributed by atoms with van der Waals surface area (Å²) in [5, 5.41) is 3.52. The minimum absolute atomic E-state index is 0.0151. The fourth-order valence-corrected chi connectivity index (χ4v) is 1.53. The number of methoxy groups -OCH3 is 1. The standard InChI is InChI=1S/C10H21NO/c1-8-5-9(6-8)11-7-10(2,3)12-4/h8-9,11H,5-7H2,1-4H3. The van der Waals surface area contributed by atoms with Crippen LogP contribution >= 0.6 is 0 Å². The molecule has 0 aromatic carbocycles. The smallest absolute Gasteiger partial charge is 0.0746 e. The maximum absolute atomic E-state index is 5.32. The molecule has 1 saturated carbocycles. The van der Waals surface area contributed by atoms with E-state index in [2.05, 4.69) is 26.1 Å². The van der Waals surface area contributed by atoms with Gasteiger partial charge in [-0.3, -0.25) is 0 Å². The molecule has 72 valence electrons. The van der Waals surface area contributed by atoms with Crippen LogP contribution in [0.5, 0.6) is 0 Å². The fraction of sp³-hybridized carbons (Fsp3) is 1.00. The van der Waals surface area contributed by atoms with E-state index in [-0.39, 0.29) is 5.60 Å². The zero-order chi connectivity index (χ0) is 9.19. The largest absolute Gasteiger partial charge is 0.377 e. The highest BCUT2D eigenvalue weighted by molar-refractivity contribution is 4.84. The predicted octanol–water partition coefficient (Wildman–Crippen LogP) is 1.80. The van der Waals surface area contributed by atoms with Crippen LogP contribution in [0.4, 0.5) is 0 Å². The first kappa shape index (κ1) is 10.0. The molecule has 0 amide bonds. The molecule has 0 aromatic rings. The summed E-state index contributed by atoms with van der Waals surface area (Å²) in [6.07, 6.45) is 2.67. The number of rotatable bonds is 4. The molecule has 1 fully saturated rings. The van der Waals surface area contributed by atoms with Gasteiger partial charge in [0.25, 0.3) is 0 Å².